The van der Waals surface area contributed by atoms with Gasteiger partial charge >= 0.3 is 5.97 Å². The van der Waals surface area contributed by atoms with E-state index in [2.05, 4.69) is 6.58 Å². The summed E-state index contributed by atoms with van der Waals surface area (Å²) in [5, 5.41) is 9.70. The molecule has 1 N–H and O–H groups in total. The van der Waals surface area contributed by atoms with E-state index >= 15 is 0 Å². The number of esters is 1. The molecule has 1 aromatic carbocycles. The van der Waals surface area contributed by atoms with Crippen molar-refractivity contribution in [2.75, 3.05) is 25.6 Å². The van der Waals surface area contributed by atoms with Gasteiger partial charge in [0, 0.05) is 22.3 Å². The maximum absolute atomic E-state index is 11.9. The summed E-state index contributed by atoms with van der Waals surface area (Å²) in [6.07, 6.45) is 1.11. The second-order valence-electron chi connectivity index (χ2n) is 5.24. The summed E-state index contributed by atoms with van der Waals surface area (Å²) in [4.78, 5) is 23.7. The third kappa shape index (κ3) is 7.45. The number of thioether (sulfide) groups is 1. The van der Waals surface area contributed by atoms with Gasteiger partial charge in [0.25, 0.3) is 0 Å². The molecule has 0 heterocycles. The van der Waals surface area contributed by atoms with E-state index < -0.39 is 11.6 Å². The molecular formula is C17H22O5S. The van der Waals surface area contributed by atoms with E-state index in [0.29, 0.717) is 18.8 Å². The summed E-state index contributed by atoms with van der Waals surface area (Å²) in [7, 11) is 0. The number of aliphatic hydroxyl groups is 1. The first kappa shape index (κ1) is 19.4. The lowest BCUT2D eigenvalue weighted by Crippen LogP contribution is -2.30. The van der Waals surface area contributed by atoms with E-state index in [1.165, 1.54) is 13.8 Å². The van der Waals surface area contributed by atoms with Crippen LogP contribution < -0.4 is 0 Å². The Morgan fingerprint density at radius 3 is 2.43 bits per heavy atom. The van der Waals surface area contributed by atoms with Crippen LogP contribution in [-0.4, -0.2) is 48.0 Å². The van der Waals surface area contributed by atoms with Crippen LogP contribution in [0.2, 0.25) is 0 Å². The summed E-state index contributed by atoms with van der Waals surface area (Å²) >= 11 is 1.59. The third-order valence-corrected chi connectivity index (χ3v) is 3.78. The lowest BCUT2D eigenvalue weighted by molar-refractivity contribution is -0.139. The number of benzene rings is 1. The number of ether oxygens (including phenoxy) is 2. The van der Waals surface area contributed by atoms with E-state index in [9.17, 15) is 14.7 Å². The zero-order chi connectivity index (χ0) is 17.3. The van der Waals surface area contributed by atoms with Crippen molar-refractivity contribution in [2.45, 2.75) is 24.3 Å². The molecule has 23 heavy (non-hydrogen) atoms. The van der Waals surface area contributed by atoms with Crippen molar-refractivity contribution in [1.29, 1.82) is 0 Å². The normalized spacial score (nSPS) is 11.1. The third-order valence-electron chi connectivity index (χ3n) is 2.81. The van der Waals surface area contributed by atoms with E-state index in [0.717, 1.165) is 16.7 Å². The van der Waals surface area contributed by atoms with Gasteiger partial charge in [-0.3, -0.25) is 4.79 Å². The summed E-state index contributed by atoms with van der Waals surface area (Å²) in [5.41, 5.74) is -0.875. The first-order valence-electron chi connectivity index (χ1n) is 7.21. The highest BCUT2D eigenvalue weighted by Gasteiger charge is 2.24. The van der Waals surface area contributed by atoms with Gasteiger partial charge in [0.2, 0.25) is 0 Å². The topological polar surface area (TPSA) is 72.8 Å². The maximum Gasteiger partial charge on any atom is 0.330 e. The highest BCUT2D eigenvalue weighted by molar-refractivity contribution is 7.99. The van der Waals surface area contributed by atoms with Gasteiger partial charge < -0.3 is 14.6 Å². The zero-order valence-electron chi connectivity index (χ0n) is 13.4. The Morgan fingerprint density at radius 2 is 1.87 bits per heavy atom. The highest BCUT2D eigenvalue weighted by atomic mass is 32.2. The molecule has 5 nitrogen and oxygen atoms in total. The van der Waals surface area contributed by atoms with Crippen LogP contribution in [0.25, 0.3) is 0 Å². The van der Waals surface area contributed by atoms with Crippen molar-refractivity contribution in [1.82, 2.24) is 0 Å². The standard InChI is InChI=1S/C17H22O5S/c1-4-15(18)22-10-9-21-11-12-23-14-7-5-13(6-8-14)16(19)17(2,3)20/h4-8,20H,1,9-12H2,2-3H3. The van der Waals surface area contributed by atoms with Crippen LogP contribution in [0.3, 0.4) is 0 Å². The van der Waals surface area contributed by atoms with Gasteiger partial charge in [-0.2, -0.15) is 0 Å². The molecule has 126 valence electrons. The Hall–Kier alpha value is -1.63. The van der Waals surface area contributed by atoms with E-state index in [-0.39, 0.29) is 12.4 Å². The fourth-order valence-electron chi connectivity index (χ4n) is 1.64. The molecule has 0 saturated heterocycles. The van der Waals surface area contributed by atoms with Gasteiger partial charge in [-0.25, -0.2) is 4.79 Å². The molecule has 0 unspecified atom stereocenters. The summed E-state index contributed by atoms with van der Waals surface area (Å²) < 4.78 is 10.1. The number of carbonyl (C=O) groups is 2. The van der Waals surface area contributed by atoms with Gasteiger partial charge in [-0.15, -0.1) is 11.8 Å². The molecule has 0 atom stereocenters. The van der Waals surface area contributed by atoms with E-state index in [1.54, 1.807) is 23.9 Å². The second-order valence-corrected chi connectivity index (χ2v) is 6.41. The van der Waals surface area contributed by atoms with Crippen LogP contribution in [0, 0.1) is 0 Å². The van der Waals surface area contributed by atoms with Gasteiger partial charge in [0.05, 0.1) is 13.2 Å². The van der Waals surface area contributed by atoms with Crippen LogP contribution in [0.1, 0.15) is 24.2 Å². The quantitative estimate of drug-likeness (QED) is 0.232. The van der Waals surface area contributed by atoms with Crippen molar-refractivity contribution in [3.05, 3.63) is 42.5 Å². The van der Waals surface area contributed by atoms with Crippen LogP contribution in [0.5, 0.6) is 0 Å². The Labute approximate surface area is 140 Å². The van der Waals surface area contributed by atoms with Crippen molar-refractivity contribution in [3.63, 3.8) is 0 Å². The number of ketones is 1. The first-order chi connectivity index (χ1) is 10.8. The molecule has 0 radical (unpaired) electrons. The molecule has 0 spiro atoms. The minimum Gasteiger partial charge on any atom is -0.460 e. The van der Waals surface area contributed by atoms with Gasteiger partial charge in [-0.1, -0.05) is 18.7 Å². The van der Waals surface area contributed by atoms with Crippen LogP contribution in [0.15, 0.2) is 41.8 Å². The number of hydrogen-bond donors (Lipinski definition) is 1. The molecule has 0 aliphatic heterocycles. The molecule has 1 aromatic rings. The predicted octanol–water partition coefficient (Wildman–Crippen LogP) is 2.48. The molecule has 1 rings (SSSR count). The van der Waals surface area contributed by atoms with E-state index in [4.69, 9.17) is 9.47 Å². The smallest absolute Gasteiger partial charge is 0.330 e. The monoisotopic (exact) mass is 338 g/mol. The zero-order valence-corrected chi connectivity index (χ0v) is 14.2. The highest BCUT2D eigenvalue weighted by Crippen LogP contribution is 2.20. The first-order valence-corrected chi connectivity index (χ1v) is 8.20. The lowest BCUT2D eigenvalue weighted by atomic mass is 9.97. The Balaban J connectivity index is 2.25. The molecule has 0 aliphatic carbocycles. The SMILES string of the molecule is C=CC(=O)OCCOCCSc1ccc(C(=O)C(C)(C)O)cc1. The van der Waals surface area contributed by atoms with Crippen molar-refractivity contribution >= 4 is 23.5 Å². The fraction of sp³-hybridized carbons (Fsp3) is 0.412. The molecule has 0 amide bonds. The minimum absolute atomic E-state index is 0.212. The van der Waals surface area contributed by atoms with Crippen LogP contribution in [0.4, 0.5) is 0 Å². The molecule has 0 bridgehead atoms. The summed E-state index contributed by atoms with van der Waals surface area (Å²) in [6, 6.07) is 7.10. The number of Topliss-reactive ketones (excluding diaryl/α,β-unsaturated/α-hetero) is 1. The molecular weight excluding hydrogens is 316 g/mol. The average Bonchev–Trinajstić information content (AvgIpc) is 2.52. The largest absolute Gasteiger partial charge is 0.460 e. The molecule has 0 saturated carbocycles. The Morgan fingerprint density at radius 1 is 1.22 bits per heavy atom. The summed E-state index contributed by atoms with van der Waals surface area (Å²) in [6.45, 7) is 7.33. The average molecular weight is 338 g/mol. The van der Waals surface area contributed by atoms with Crippen LogP contribution in [-0.2, 0) is 14.3 Å². The number of rotatable bonds is 10. The Bertz CT molecular complexity index is 531. The lowest BCUT2D eigenvalue weighted by Gasteiger charge is -2.15. The van der Waals surface area contributed by atoms with Crippen molar-refractivity contribution < 1.29 is 24.2 Å². The molecule has 6 heteroatoms. The molecule has 0 aliphatic rings. The minimum atomic E-state index is -1.36. The van der Waals surface area contributed by atoms with Crippen LogP contribution >= 0.6 is 11.8 Å². The van der Waals surface area contributed by atoms with Crippen molar-refractivity contribution in [2.24, 2.45) is 0 Å². The number of carbonyl (C=O) groups excluding carboxylic acids is 2. The van der Waals surface area contributed by atoms with Gasteiger partial charge in [-0.05, 0) is 26.0 Å². The summed E-state index contributed by atoms with van der Waals surface area (Å²) in [5.74, 6) is -0.0103. The maximum atomic E-state index is 11.9. The van der Waals surface area contributed by atoms with Crippen molar-refractivity contribution in [3.8, 4) is 0 Å². The molecule has 0 fully saturated rings. The van der Waals surface area contributed by atoms with Gasteiger partial charge in [0.1, 0.15) is 12.2 Å². The number of hydrogen-bond acceptors (Lipinski definition) is 6. The van der Waals surface area contributed by atoms with Gasteiger partial charge in [0.15, 0.2) is 5.78 Å². The molecule has 0 aromatic heterocycles. The Kier molecular flexibility index (Phi) is 8.02. The predicted molar refractivity (Wildman–Crippen MR) is 89.8 cm³/mol. The second kappa shape index (κ2) is 9.50. The van der Waals surface area contributed by atoms with E-state index in [1.807, 2.05) is 12.1 Å². The fourth-order valence-corrected chi connectivity index (χ4v) is 2.40.